The number of hydrogen-bond donors (Lipinski definition) is 1. The van der Waals surface area contributed by atoms with Gasteiger partial charge in [0.2, 0.25) is 0 Å². The molecule has 0 spiro atoms. The molecule has 1 amide bonds. The smallest absolute Gasteiger partial charge is 0.456 e. The maximum Gasteiger partial charge on any atom is 0.490 e. The molecule has 36 heavy (non-hydrogen) atoms. The van der Waals surface area contributed by atoms with Gasteiger partial charge in [0.15, 0.2) is 0 Å². The number of rotatable bonds is 9. The first-order chi connectivity index (χ1) is 16.6. The van der Waals surface area contributed by atoms with Crippen LogP contribution in [0.1, 0.15) is 31.9 Å². The Labute approximate surface area is 207 Å². The summed E-state index contributed by atoms with van der Waals surface area (Å²) < 4.78 is 79.0. The van der Waals surface area contributed by atoms with Crippen molar-refractivity contribution in [1.82, 2.24) is 5.32 Å². The van der Waals surface area contributed by atoms with Gasteiger partial charge in [-0.05, 0) is 51.8 Å². The van der Waals surface area contributed by atoms with E-state index in [1.54, 1.807) is 58.0 Å². The second-order valence-electron chi connectivity index (χ2n) is 8.94. The van der Waals surface area contributed by atoms with E-state index in [1.165, 1.54) is 24.3 Å². The lowest BCUT2D eigenvalue weighted by atomic mass is 10.0. The molecule has 2 atom stereocenters. The van der Waals surface area contributed by atoms with E-state index in [1.807, 2.05) is 0 Å². The number of esters is 1. The summed E-state index contributed by atoms with van der Waals surface area (Å²) in [6.07, 6.45) is -8.08. The summed E-state index contributed by atoms with van der Waals surface area (Å²) in [6, 6.07) is 12.7. The minimum absolute atomic E-state index is 0.0717. The molecule has 1 N–H and O–H groups in total. The van der Waals surface area contributed by atoms with Crippen molar-refractivity contribution in [2.75, 3.05) is 6.61 Å². The molecule has 0 saturated carbocycles. The SMILES string of the molecule is Cc1ccc(S(=O)(=O)O[C@@H](COC(=O)C(F)(F)F)[C@H](Cc2ccccc2)NC(=O)OC(C)(C)C)cc1. The van der Waals surface area contributed by atoms with E-state index < -0.39 is 52.7 Å². The fourth-order valence-corrected chi connectivity index (χ4v) is 4.07. The molecular weight excluding hydrogens is 503 g/mol. The number of carbonyl (C=O) groups is 2. The van der Waals surface area contributed by atoms with E-state index in [9.17, 15) is 31.2 Å². The highest BCUT2D eigenvalue weighted by molar-refractivity contribution is 7.86. The Morgan fingerprint density at radius 1 is 0.972 bits per heavy atom. The summed E-state index contributed by atoms with van der Waals surface area (Å²) in [6.45, 7) is 5.41. The number of halogens is 3. The normalized spacial score (nSPS) is 14.0. The summed E-state index contributed by atoms with van der Waals surface area (Å²) in [5, 5.41) is 2.44. The van der Waals surface area contributed by atoms with Crippen LogP contribution in [0.4, 0.5) is 18.0 Å². The van der Waals surface area contributed by atoms with Crippen LogP contribution >= 0.6 is 0 Å². The molecule has 2 rings (SSSR count). The van der Waals surface area contributed by atoms with Crippen molar-refractivity contribution in [2.45, 2.75) is 62.9 Å². The molecule has 0 heterocycles. The lowest BCUT2D eigenvalue weighted by molar-refractivity contribution is -0.201. The third-order valence-corrected chi connectivity index (χ3v) is 5.97. The molecule has 0 aliphatic rings. The molecule has 198 valence electrons. The maximum atomic E-state index is 12.9. The standard InChI is InChI=1S/C24H28F3NO7S/c1-16-10-12-18(13-11-16)36(31,32)35-20(15-33-21(29)24(25,26)27)19(14-17-8-6-5-7-9-17)28-22(30)34-23(2,3)4/h5-13,19-20H,14-15H2,1-4H3,(H,28,30)/t19-,20-/m0/s1. The minimum Gasteiger partial charge on any atom is -0.456 e. The van der Waals surface area contributed by atoms with E-state index in [4.69, 9.17) is 8.92 Å². The summed E-state index contributed by atoms with van der Waals surface area (Å²) in [5.74, 6) is -2.53. The average molecular weight is 532 g/mol. The van der Waals surface area contributed by atoms with Crippen molar-refractivity contribution in [3.8, 4) is 0 Å². The molecular formula is C24H28F3NO7S. The van der Waals surface area contributed by atoms with Gasteiger partial charge in [0.25, 0.3) is 10.1 Å². The van der Waals surface area contributed by atoms with E-state index in [2.05, 4.69) is 10.1 Å². The van der Waals surface area contributed by atoms with Crippen molar-refractivity contribution in [2.24, 2.45) is 0 Å². The highest BCUT2D eigenvalue weighted by Crippen LogP contribution is 2.21. The lowest BCUT2D eigenvalue weighted by Crippen LogP contribution is -2.50. The predicted octanol–water partition coefficient (Wildman–Crippen LogP) is 4.31. The highest BCUT2D eigenvalue weighted by atomic mass is 32.2. The number of benzene rings is 2. The summed E-state index contributed by atoms with van der Waals surface area (Å²) in [7, 11) is -4.53. The van der Waals surface area contributed by atoms with E-state index in [0.29, 0.717) is 5.56 Å². The number of nitrogens with one attached hydrogen (secondary N) is 1. The Morgan fingerprint density at radius 3 is 2.08 bits per heavy atom. The molecule has 0 aliphatic heterocycles. The molecule has 0 aliphatic carbocycles. The number of hydrogen-bond acceptors (Lipinski definition) is 7. The zero-order chi connectivity index (χ0) is 27.1. The molecule has 0 radical (unpaired) electrons. The number of amides is 1. The summed E-state index contributed by atoms with van der Waals surface area (Å²) in [4.78, 5) is 23.6. The summed E-state index contributed by atoms with van der Waals surface area (Å²) >= 11 is 0. The van der Waals surface area contributed by atoms with Gasteiger partial charge in [-0.3, -0.25) is 4.18 Å². The molecule has 8 nitrogen and oxygen atoms in total. The van der Waals surface area contributed by atoms with E-state index in [0.717, 1.165) is 5.56 Å². The quantitative estimate of drug-likeness (QED) is 0.380. The van der Waals surface area contributed by atoms with Crippen LogP contribution in [0.5, 0.6) is 0 Å². The largest absolute Gasteiger partial charge is 0.490 e. The van der Waals surface area contributed by atoms with Gasteiger partial charge in [0.1, 0.15) is 18.3 Å². The lowest BCUT2D eigenvalue weighted by Gasteiger charge is -2.29. The minimum atomic E-state index is -5.31. The zero-order valence-corrected chi connectivity index (χ0v) is 21.0. The Morgan fingerprint density at radius 2 is 1.56 bits per heavy atom. The van der Waals surface area contributed by atoms with Crippen LogP contribution in [0.25, 0.3) is 0 Å². The van der Waals surface area contributed by atoms with Crippen molar-refractivity contribution < 1.29 is 44.8 Å². The Kier molecular flexibility index (Phi) is 9.50. The van der Waals surface area contributed by atoms with Gasteiger partial charge >= 0.3 is 18.2 Å². The van der Waals surface area contributed by atoms with Gasteiger partial charge in [-0.1, -0.05) is 48.0 Å². The number of alkyl carbamates (subject to hydrolysis) is 1. The van der Waals surface area contributed by atoms with Gasteiger partial charge in [0.05, 0.1) is 10.9 Å². The van der Waals surface area contributed by atoms with Crippen LogP contribution in [0.15, 0.2) is 59.5 Å². The first-order valence-electron chi connectivity index (χ1n) is 10.8. The van der Waals surface area contributed by atoms with E-state index in [-0.39, 0.29) is 11.3 Å². The van der Waals surface area contributed by atoms with Crippen molar-refractivity contribution in [1.29, 1.82) is 0 Å². The highest BCUT2D eigenvalue weighted by Gasteiger charge is 2.42. The number of carbonyl (C=O) groups excluding carboxylic acids is 2. The Balaban J connectivity index is 2.42. The maximum absolute atomic E-state index is 12.9. The van der Waals surface area contributed by atoms with Crippen LogP contribution in [-0.2, 0) is 35.0 Å². The van der Waals surface area contributed by atoms with E-state index >= 15 is 0 Å². The number of alkyl halides is 3. The average Bonchev–Trinajstić information content (AvgIpc) is 2.75. The molecule has 0 fully saturated rings. The van der Waals surface area contributed by atoms with Gasteiger partial charge in [0, 0.05) is 0 Å². The molecule has 0 aromatic heterocycles. The fraction of sp³-hybridized carbons (Fsp3) is 0.417. The Hall–Kier alpha value is -3.12. The van der Waals surface area contributed by atoms with Gasteiger partial charge < -0.3 is 14.8 Å². The molecule has 2 aromatic rings. The third-order valence-electron chi connectivity index (χ3n) is 4.62. The first kappa shape index (κ1) is 29.1. The molecule has 12 heteroatoms. The monoisotopic (exact) mass is 531 g/mol. The topological polar surface area (TPSA) is 108 Å². The predicted molar refractivity (Wildman–Crippen MR) is 124 cm³/mol. The molecule has 0 saturated heterocycles. The van der Waals surface area contributed by atoms with Crippen molar-refractivity contribution in [3.05, 3.63) is 65.7 Å². The fourth-order valence-electron chi connectivity index (χ4n) is 2.98. The van der Waals surface area contributed by atoms with Crippen LogP contribution in [0.2, 0.25) is 0 Å². The van der Waals surface area contributed by atoms with Gasteiger partial charge in [-0.2, -0.15) is 21.6 Å². The first-order valence-corrected chi connectivity index (χ1v) is 12.2. The van der Waals surface area contributed by atoms with Crippen LogP contribution in [0.3, 0.4) is 0 Å². The van der Waals surface area contributed by atoms with Gasteiger partial charge in [-0.15, -0.1) is 0 Å². The van der Waals surface area contributed by atoms with Crippen LogP contribution < -0.4 is 5.32 Å². The molecule has 0 unspecified atom stereocenters. The Bertz CT molecular complexity index is 1130. The van der Waals surface area contributed by atoms with Crippen molar-refractivity contribution in [3.63, 3.8) is 0 Å². The summed E-state index contributed by atoms with van der Waals surface area (Å²) in [5.41, 5.74) is 0.439. The van der Waals surface area contributed by atoms with Crippen LogP contribution in [-0.4, -0.2) is 51.0 Å². The third kappa shape index (κ3) is 9.50. The van der Waals surface area contributed by atoms with Gasteiger partial charge in [-0.25, -0.2) is 9.59 Å². The number of aryl methyl sites for hydroxylation is 1. The molecule has 2 aromatic carbocycles. The second-order valence-corrected chi connectivity index (χ2v) is 10.5. The number of ether oxygens (including phenoxy) is 2. The van der Waals surface area contributed by atoms with Crippen LogP contribution in [0, 0.1) is 6.92 Å². The molecule has 0 bridgehead atoms. The zero-order valence-electron chi connectivity index (χ0n) is 20.2. The van der Waals surface area contributed by atoms with Crippen molar-refractivity contribution >= 4 is 22.2 Å². The second kappa shape index (κ2) is 11.7.